The van der Waals surface area contributed by atoms with Crippen molar-refractivity contribution in [2.45, 2.75) is 129 Å². The first-order valence-corrected chi connectivity index (χ1v) is 13.4. The first-order chi connectivity index (χ1) is 14.3. The molecule has 0 atom stereocenters. The molecule has 3 saturated carbocycles. The monoisotopic (exact) mass is 400 g/mol. The molecule has 0 amide bonds. The molecule has 0 aliphatic heterocycles. The zero-order valence-electron chi connectivity index (χ0n) is 19.6. The van der Waals surface area contributed by atoms with Crippen molar-refractivity contribution in [3.05, 3.63) is 0 Å². The van der Waals surface area contributed by atoms with Gasteiger partial charge in [-0.3, -0.25) is 0 Å². The lowest BCUT2D eigenvalue weighted by Crippen LogP contribution is -2.25. The fourth-order valence-electron chi connectivity index (χ4n) is 6.26. The smallest absolute Gasteiger partial charge is 0.0576 e. The minimum absolute atomic E-state index is 0.519. The molecule has 1 nitrogen and oxygen atoms in total. The molecule has 0 heterocycles. The highest BCUT2D eigenvalue weighted by Gasteiger charge is 2.30. The van der Waals surface area contributed by atoms with Gasteiger partial charge < -0.3 is 4.74 Å². The molecule has 3 fully saturated rings. The molecule has 29 heavy (non-hydrogen) atoms. The van der Waals surface area contributed by atoms with Gasteiger partial charge in [-0.2, -0.15) is 0 Å². The van der Waals surface area contributed by atoms with E-state index in [1.165, 1.54) is 103 Å². The Morgan fingerprint density at radius 2 is 1.17 bits per heavy atom. The molecule has 3 rings (SSSR count). The van der Waals surface area contributed by atoms with Crippen molar-refractivity contribution < 1.29 is 4.74 Å². The molecule has 3 aliphatic carbocycles. The van der Waals surface area contributed by atoms with Gasteiger partial charge in [-0.1, -0.05) is 64.2 Å². The summed E-state index contributed by atoms with van der Waals surface area (Å²) in [5.41, 5.74) is 0. The molecule has 0 N–H and O–H groups in total. The molecule has 3 aliphatic rings. The highest BCUT2D eigenvalue weighted by Crippen LogP contribution is 2.42. The number of unbranched alkanes of at least 4 members (excludes halogenated alkanes) is 2. The average molecular weight is 401 g/mol. The van der Waals surface area contributed by atoms with Gasteiger partial charge >= 0.3 is 0 Å². The Balaban J connectivity index is 1.30. The fourth-order valence-corrected chi connectivity index (χ4v) is 6.26. The Hall–Kier alpha value is -0.480. The van der Waals surface area contributed by atoms with Gasteiger partial charge in [0.15, 0.2) is 0 Å². The van der Waals surface area contributed by atoms with Gasteiger partial charge in [-0.05, 0) is 88.4 Å². The van der Waals surface area contributed by atoms with Gasteiger partial charge in [-0.25, -0.2) is 0 Å². The summed E-state index contributed by atoms with van der Waals surface area (Å²) in [6, 6.07) is 0. The Bertz CT molecular complexity index is 476. The van der Waals surface area contributed by atoms with E-state index in [0.717, 1.165) is 30.8 Å². The van der Waals surface area contributed by atoms with Crippen LogP contribution in [0, 0.1) is 41.4 Å². The number of ether oxygens (including phenoxy) is 1. The molecule has 0 aromatic rings. The van der Waals surface area contributed by atoms with Crippen molar-refractivity contribution in [2.75, 3.05) is 6.61 Å². The minimum Gasteiger partial charge on any atom is -0.378 e. The first kappa shape index (κ1) is 23.2. The second-order valence-electron chi connectivity index (χ2n) is 10.5. The van der Waals surface area contributed by atoms with Crippen LogP contribution in [0.25, 0.3) is 0 Å². The van der Waals surface area contributed by atoms with E-state index in [1.54, 1.807) is 0 Å². The quantitative estimate of drug-likeness (QED) is 0.295. The van der Waals surface area contributed by atoms with E-state index in [2.05, 4.69) is 25.7 Å². The van der Waals surface area contributed by atoms with Gasteiger partial charge in [0, 0.05) is 18.4 Å². The second kappa shape index (κ2) is 13.0. The summed E-state index contributed by atoms with van der Waals surface area (Å²) in [7, 11) is 0. The van der Waals surface area contributed by atoms with E-state index in [1.807, 2.05) is 0 Å². The van der Waals surface area contributed by atoms with Crippen molar-refractivity contribution in [3.8, 4) is 11.8 Å². The molecule has 166 valence electrons. The van der Waals surface area contributed by atoms with Crippen LogP contribution in [0.2, 0.25) is 0 Å². The van der Waals surface area contributed by atoms with E-state index in [-0.39, 0.29) is 0 Å². The van der Waals surface area contributed by atoms with Crippen molar-refractivity contribution in [1.29, 1.82) is 0 Å². The standard InChI is InChI=1S/C28H48O/c1-3-5-6-7-23-10-16-26(17-11-23)27-18-12-24(13-19-27)8-9-25-14-20-28(21-15-25)29-22-4-2/h23-28H,3-7,10-22H2,1-2H3. The van der Waals surface area contributed by atoms with Crippen LogP contribution in [0.15, 0.2) is 0 Å². The largest absolute Gasteiger partial charge is 0.378 e. The van der Waals surface area contributed by atoms with Crippen molar-refractivity contribution in [2.24, 2.45) is 29.6 Å². The lowest BCUT2D eigenvalue weighted by atomic mass is 9.68. The minimum atomic E-state index is 0.519. The molecule has 0 saturated heterocycles. The summed E-state index contributed by atoms with van der Waals surface area (Å²) in [6.45, 7) is 5.46. The summed E-state index contributed by atoms with van der Waals surface area (Å²) in [6.07, 6.45) is 24.2. The zero-order valence-corrected chi connectivity index (χ0v) is 19.6. The van der Waals surface area contributed by atoms with Crippen LogP contribution in [0.5, 0.6) is 0 Å². The third-order valence-electron chi connectivity index (χ3n) is 8.27. The van der Waals surface area contributed by atoms with Crippen molar-refractivity contribution in [1.82, 2.24) is 0 Å². The van der Waals surface area contributed by atoms with Crippen LogP contribution < -0.4 is 0 Å². The molecule has 0 spiro atoms. The van der Waals surface area contributed by atoms with Crippen LogP contribution in [-0.2, 0) is 4.74 Å². The summed E-state index contributed by atoms with van der Waals surface area (Å²) >= 11 is 0. The molecule has 0 aromatic carbocycles. The Kier molecular flexibility index (Phi) is 10.4. The maximum absolute atomic E-state index is 5.93. The highest BCUT2D eigenvalue weighted by molar-refractivity contribution is 5.09. The number of hydrogen-bond donors (Lipinski definition) is 0. The molecule has 0 aromatic heterocycles. The summed E-state index contributed by atoms with van der Waals surface area (Å²) in [5, 5.41) is 0. The van der Waals surface area contributed by atoms with Gasteiger partial charge in [0.25, 0.3) is 0 Å². The predicted octanol–water partition coefficient (Wildman–Crippen LogP) is 8.17. The van der Waals surface area contributed by atoms with Crippen LogP contribution in [0.3, 0.4) is 0 Å². The lowest BCUT2D eigenvalue weighted by Gasteiger charge is -2.37. The molecule has 0 unspecified atom stereocenters. The topological polar surface area (TPSA) is 9.23 Å². The maximum Gasteiger partial charge on any atom is 0.0576 e. The average Bonchev–Trinajstić information content (AvgIpc) is 2.78. The Morgan fingerprint density at radius 3 is 1.72 bits per heavy atom. The third-order valence-corrected chi connectivity index (χ3v) is 8.27. The number of hydrogen-bond acceptors (Lipinski definition) is 1. The summed E-state index contributed by atoms with van der Waals surface area (Å²) in [5.74, 6) is 11.9. The Labute approximate surface area is 182 Å². The second-order valence-corrected chi connectivity index (χ2v) is 10.5. The Morgan fingerprint density at radius 1 is 0.621 bits per heavy atom. The van der Waals surface area contributed by atoms with Gasteiger partial charge in [0.05, 0.1) is 6.10 Å². The molecule has 0 bridgehead atoms. The molecular weight excluding hydrogens is 352 g/mol. The molecular formula is C28H48O. The van der Waals surface area contributed by atoms with Crippen LogP contribution in [0.1, 0.15) is 123 Å². The van der Waals surface area contributed by atoms with Crippen molar-refractivity contribution >= 4 is 0 Å². The van der Waals surface area contributed by atoms with Gasteiger partial charge in [0.2, 0.25) is 0 Å². The normalized spacial score (nSPS) is 35.7. The summed E-state index contributed by atoms with van der Waals surface area (Å²) in [4.78, 5) is 0. The number of rotatable bonds is 8. The lowest BCUT2D eigenvalue weighted by molar-refractivity contribution is 0.0234. The van der Waals surface area contributed by atoms with E-state index >= 15 is 0 Å². The van der Waals surface area contributed by atoms with E-state index in [4.69, 9.17) is 4.74 Å². The fraction of sp³-hybridized carbons (Fsp3) is 0.929. The van der Waals surface area contributed by atoms with Gasteiger partial charge in [-0.15, -0.1) is 0 Å². The first-order valence-electron chi connectivity index (χ1n) is 13.4. The molecule has 1 heteroatoms. The van der Waals surface area contributed by atoms with E-state index < -0.39 is 0 Å². The van der Waals surface area contributed by atoms with E-state index in [0.29, 0.717) is 17.9 Å². The van der Waals surface area contributed by atoms with Crippen LogP contribution in [0.4, 0.5) is 0 Å². The van der Waals surface area contributed by atoms with Crippen LogP contribution in [-0.4, -0.2) is 12.7 Å². The van der Waals surface area contributed by atoms with Crippen molar-refractivity contribution in [3.63, 3.8) is 0 Å². The third kappa shape index (κ3) is 7.94. The predicted molar refractivity (Wildman–Crippen MR) is 125 cm³/mol. The van der Waals surface area contributed by atoms with Gasteiger partial charge in [0.1, 0.15) is 0 Å². The molecule has 0 radical (unpaired) electrons. The van der Waals surface area contributed by atoms with Crippen LogP contribution >= 0.6 is 0 Å². The maximum atomic E-state index is 5.93. The zero-order chi connectivity index (χ0) is 20.3. The van der Waals surface area contributed by atoms with E-state index in [9.17, 15) is 0 Å². The highest BCUT2D eigenvalue weighted by atomic mass is 16.5. The SMILES string of the molecule is CCCCCC1CCC(C2CCC(C#CC3CCC(OCCC)CC3)CC2)CC1. The summed E-state index contributed by atoms with van der Waals surface area (Å²) < 4.78 is 5.93.